The standard InChI is InChI=1S/C22H20ClN5O3/c1-30-16-8-6-15(7-9-16)14-20(29)24-12-13-31-21-11-10-19-25-26-22(28(19)27-21)17-4-2-3-5-18(17)23/h2-11H,12-14H2,1H3,(H,24,29). The summed E-state index contributed by atoms with van der Waals surface area (Å²) in [6, 6.07) is 18.2. The number of hydrogen-bond acceptors (Lipinski definition) is 6. The Balaban J connectivity index is 1.33. The van der Waals surface area contributed by atoms with Gasteiger partial charge < -0.3 is 14.8 Å². The minimum Gasteiger partial charge on any atom is -0.497 e. The summed E-state index contributed by atoms with van der Waals surface area (Å²) in [5.74, 6) is 1.59. The molecule has 0 aliphatic carbocycles. The third-order valence-electron chi connectivity index (χ3n) is 4.55. The lowest BCUT2D eigenvalue weighted by Crippen LogP contribution is -2.29. The predicted molar refractivity (Wildman–Crippen MR) is 116 cm³/mol. The maximum absolute atomic E-state index is 12.1. The monoisotopic (exact) mass is 437 g/mol. The van der Waals surface area contributed by atoms with Crippen LogP contribution in [0, 0.1) is 0 Å². The molecule has 2 aromatic carbocycles. The zero-order valence-electron chi connectivity index (χ0n) is 16.8. The van der Waals surface area contributed by atoms with Crippen LogP contribution in [0.2, 0.25) is 5.02 Å². The molecule has 1 amide bonds. The zero-order valence-corrected chi connectivity index (χ0v) is 17.5. The first-order valence-corrected chi connectivity index (χ1v) is 10.0. The van der Waals surface area contributed by atoms with Gasteiger partial charge in [0.2, 0.25) is 11.8 Å². The number of carbonyl (C=O) groups is 1. The average Bonchev–Trinajstić information content (AvgIpc) is 3.21. The Labute approximate surface area is 183 Å². The molecule has 0 unspecified atom stereocenters. The molecule has 0 fully saturated rings. The van der Waals surface area contributed by atoms with E-state index in [4.69, 9.17) is 21.1 Å². The number of benzene rings is 2. The molecule has 0 atom stereocenters. The first-order valence-electron chi connectivity index (χ1n) is 9.64. The molecule has 2 heterocycles. The van der Waals surface area contributed by atoms with Crippen molar-refractivity contribution >= 4 is 23.2 Å². The van der Waals surface area contributed by atoms with Crippen LogP contribution in [0.5, 0.6) is 11.6 Å². The van der Waals surface area contributed by atoms with Gasteiger partial charge in [0.25, 0.3) is 0 Å². The van der Waals surface area contributed by atoms with Crippen LogP contribution in [-0.4, -0.2) is 46.0 Å². The lowest BCUT2D eigenvalue weighted by atomic mass is 10.1. The first kappa shape index (κ1) is 20.6. The normalized spacial score (nSPS) is 10.8. The largest absolute Gasteiger partial charge is 0.497 e. The summed E-state index contributed by atoms with van der Waals surface area (Å²) in [5, 5.41) is 16.1. The van der Waals surface area contributed by atoms with Gasteiger partial charge in [-0.2, -0.15) is 4.52 Å². The molecule has 0 radical (unpaired) electrons. The van der Waals surface area contributed by atoms with Crippen LogP contribution in [-0.2, 0) is 11.2 Å². The van der Waals surface area contributed by atoms with E-state index in [2.05, 4.69) is 20.6 Å². The molecule has 31 heavy (non-hydrogen) atoms. The van der Waals surface area contributed by atoms with Crippen LogP contribution in [0.15, 0.2) is 60.7 Å². The number of carbonyl (C=O) groups excluding carboxylic acids is 1. The van der Waals surface area contributed by atoms with Gasteiger partial charge in [-0.05, 0) is 35.9 Å². The number of nitrogens with zero attached hydrogens (tertiary/aromatic N) is 4. The smallest absolute Gasteiger partial charge is 0.231 e. The lowest BCUT2D eigenvalue weighted by Gasteiger charge is -2.08. The molecule has 4 rings (SSSR count). The fourth-order valence-corrected chi connectivity index (χ4v) is 3.22. The molecule has 0 aliphatic rings. The Kier molecular flexibility index (Phi) is 6.28. The maximum Gasteiger partial charge on any atom is 0.231 e. The average molecular weight is 438 g/mol. The van der Waals surface area contributed by atoms with E-state index in [0.29, 0.717) is 28.9 Å². The van der Waals surface area contributed by atoms with Crippen molar-refractivity contribution in [2.45, 2.75) is 6.42 Å². The number of ether oxygens (including phenoxy) is 2. The second kappa shape index (κ2) is 9.44. The highest BCUT2D eigenvalue weighted by Crippen LogP contribution is 2.26. The number of nitrogens with one attached hydrogen (secondary N) is 1. The number of amides is 1. The Morgan fingerprint density at radius 1 is 1.06 bits per heavy atom. The fraction of sp³-hybridized carbons (Fsp3) is 0.182. The fourth-order valence-electron chi connectivity index (χ4n) is 3.00. The molecular formula is C22H20ClN5O3. The molecule has 0 bridgehead atoms. The van der Waals surface area contributed by atoms with Crippen molar-refractivity contribution in [1.82, 2.24) is 25.1 Å². The maximum atomic E-state index is 12.1. The quantitative estimate of drug-likeness (QED) is 0.426. The first-order chi connectivity index (χ1) is 15.1. The SMILES string of the molecule is COc1ccc(CC(=O)NCCOc2ccc3nnc(-c4ccccc4Cl)n3n2)cc1. The third kappa shape index (κ3) is 4.92. The van der Waals surface area contributed by atoms with Crippen LogP contribution in [0.4, 0.5) is 0 Å². The van der Waals surface area contributed by atoms with Gasteiger partial charge in [0.05, 0.1) is 25.1 Å². The minimum atomic E-state index is -0.0861. The predicted octanol–water partition coefficient (Wildman–Crippen LogP) is 3.19. The van der Waals surface area contributed by atoms with Gasteiger partial charge in [-0.25, -0.2) is 0 Å². The van der Waals surface area contributed by atoms with Gasteiger partial charge in [-0.15, -0.1) is 15.3 Å². The summed E-state index contributed by atoms with van der Waals surface area (Å²) in [5.41, 5.74) is 2.22. The summed E-state index contributed by atoms with van der Waals surface area (Å²) < 4.78 is 12.4. The molecule has 4 aromatic rings. The molecule has 0 saturated carbocycles. The van der Waals surface area contributed by atoms with Gasteiger partial charge in [-0.1, -0.05) is 35.9 Å². The highest BCUT2D eigenvalue weighted by molar-refractivity contribution is 6.33. The molecule has 0 spiro atoms. The van der Waals surface area contributed by atoms with Crippen LogP contribution in [0.1, 0.15) is 5.56 Å². The Morgan fingerprint density at radius 3 is 2.65 bits per heavy atom. The van der Waals surface area contributed by atoms with E-state index in [0.717, 1.165) is 16.9 Å². The van der Waals surface area contributed by atoms with Crippen molar-refractivity contribution in [2.75, 3.05) is 20.3 Å². The lowest BCUT2D eigenvalue weighted by molar-refractivity contribution is -0.120. The van der Waals surface area contributed by atoms with Crippen molar-refractivity contribution in [1.29, 1.82) is 0 Å². The van der Waals surface area contributed by atoms with Gasteiger partial charge >= 0.3 is 0 Å². The number of fused-ring (bicyclic) bond motifs is 1. The number of halogens is 1. The van der Waals surface area contributed by atoms with Crippen molar-refractivity contribution < 1.29 is 14.3 Å². The van der Waals surface area contributed by atoms with Crippen molar-refractivity contribution in [2.24, 2.45) is 0 Å². The van der Waals surface area contributed by atoms with E-state index >= 15 is 0 Å². The Hall–Kier alpha value is -3.65. The molecule has 1 N–H and O–H groups in total. The molecule has 2 aromatic heterocycles. The summed E-state index contributed by atoms with van der Waals surface area (Å²) in [6.07, 6.45) is 0.288. The van der Waals surface area contributed by atoms with Gasteiger partial charge in [-0.3, -0.25) is 4.79 Å². The second-order valence-electron chi connectivity index (χ2n) is 6.67. The number of aromatic nitrogens is 4. The third-order valence-corrected chi connectivity index (χ3v) is 4.88. The van der Waals surface area contributed by atoms with E-state index in [9.17, 15) is 4.79 Å². The zero-order chi connectivity index (χ0) is 21.6. The molecule has 0 saturated heterocycles. The Morgan fingerprint density at radius 2 is 1.87 bits per heavy atom. The van der Waals surface area contributed by atoms with E-state index in [1.165, 1.54) is 0 Å². The molecular weight excluding hydrogens is 418 g/mol. The highest BCUT2D eigenvalue weighted by atomic mass is 35.5. The van der Waals surface area contributed by atoms with Crippen molar-refractivity contribution in [3.63, 3.8) is 0 Å². The van der Waals surface area contributed by atoms with Gasteiger partial charge in [0, 0.05) is 11.6 Å². The van der Waals surface area contributed by atoms with Crippen molar-refractivity contribution in [3.8, 4) is 23.0 Å². The van der Waals surface area contributed by atoms with Gasteiger partial charge in [0.1, 0.15) is 12.4 Å². The van der Waals surface area contributed by atoms with E-state index in [1.807, 2.05) is 42.5 Å². The second-order valence-corrected chi connectivity index (χ2v) is 7.08. The summed E-state index contributed by atoms with van der Waals surface area (Å²) >= 11 is 6.27. The van der Waals surface area contributed by atoms with E-state index < -0.39 is 0 Å². The summed E-state index contributed by atoms with van der Waals surface area (Å²) in [6.45, 7) is 0.630. The summed E-state index contributed by atoms with van der Waals surface area (Å²) in [7, 11) is 1.61. The molecule has 9 heteroatoms. The molecule has 0 aliphatic heterocycles. The minimum absolute atomic E-state index is 0.0861. The topological polar surface area (TPSA) is 90.6 Å². The summed E-state index contributed by atoms with van der Waals surface area (Å²) in [4.78, 5) is 12.1. The van der Waals surface area contributed by atoms with Crippen LogP contribution >= 0.6 is 11.6 Å². The van der Waals surface area contributed by atoms with Crippen LogP contribution < -0.4 is 14.8 Å². The number of rotatable bonds is 8. The highest BCUT2D eigenvalue weighted by Gasteiger charge is 2.13. The van der Waals surface area contributed by atoms with E-state index in [1.54, 1.807) is 29.8 Å². The van der Waals surface area contributed by atoms with E-state index in [-0.39, 0.29) is 18.9 Å². The number of hydrogen-bond donors (Lipinski definition) is 1. The van der Waals surface area contributed by atoms with Gasteiger partial charge in [0.15, 0.2) is 11.5 Å². The van der Waals surface area contributed by atoms with Crippen molar-refractivity contribution in [3.05, 3.63) is 71.2 Å². The van der Waals surface area contributed by atoms with Crippen LogP contribution in [0.3, 0.4) is 0 Å². The molecule has 8 nitrogen and oxygen atoms in total. The number of methoxy groups -OCH3 is 1. The Bertz CT molecular complexity index is 1190. The van der Waals surface area contributed by atoms with Crippen LogP contribution in [0.25, 0.3) is 17.0 Å². The molecule has 158 valence electrons.